The lowest BCUT2D eigenvalue weighted by atomic mass is 9.98. The molecule has 0 N–H and O–H groups in total. The zero-order chi connectivity index (χ0) is 18.5. The summed E-state index contributed by atoms with van der Waals surface area (Å²) < 4.78 is 31.1. The van der Waals surface area contributed by atoms with E-state index in [-0.39, 0.29) is 33.8 Å². The second-order valence-electron chi connectivity index (χ2n) is 7.78. The standard InChI is InChI=1S/C19H25IO5S/c1-18(2)21-10-12(23-18)14-16-15(24-19(3,4)25-16)13(20)17(22-14)26-11-8-6-5-7-9-11/h5-9,12-17H,10H2,1-4H3/t12-,13-,14+,15+,16-,17+/m0/s1. The fourth-order valence-electron chi connectivity index (χ4n) is 3.68. The minimum atomic E-state index is -0.623. The number of fused-ring (bicyclic) bond motifs is 1. The number of hydrogen-bond donors (Lipinski definition) is 0. The van der Waals surface area contributed by atoms with Gasteiger partial charge in [-0.05, 0) is 39.8 Å². The van der Waals surface area contributed by atoms with E-state index in [4.69, 9.17) is 23.7 Å². The van der Waals surface area contributed by atoms with Crippen molar-refractivity contribution in [3.63, 3.8) is 0 Å². The molecular weight excluding hydrogens is 467 g/mol. The molecule has 0 radical (unpaired) electrons. The van der Waals surface area contributed by atoms with Gasteiger partial charge in [0.15, 0.2) is 11.6 Å². The molecule has 3 aliphatic heterocycles. The Morgan fingerprint density at radius 2 is 1.62 bits per heavy atom. The van der Waals surface area contributed by atoms with E-state index in [9.17, 15) is 0 Å². The molecule has 1 aromatic rings. The number of ether oxygens (including phenoxy) is 5. The maximum absolute atomic E-state index is 6.53. The van der Waals surface area contributed by atoms with E-state index in [0.29, 0.717) is 6.61 Å². The predicted octanol–water partition coefficient (Wildman–Crippen LogP) is 3.98. The SMILES string of the molecule is CC1(C)O[C@@H]2[C@H](O1)[C@H](I)[C@@H](Sc1ccccc1)O[C@@H]2[C@@H]1COC(C)(C)O1. The van der Waals surface area contributed by atoms with Crippen molar-refractivity contribution >= 4 is 34.4 Å². The number of benzene rings is 1. The van der Waals surface area contributed by atoms with Crippen LogP contribution in [-0.2, 0) is 23.7 Å². The summed E-state index contributed by atoms with van der Waals surface area (Å²) in [7, 11) is 0. The number of halogens is 1. The van der Waals surface area contributed by atoms with Gasteiger partial charge >= 0.3 is 0 Å². The van der Waals surface area contributed by atoms with Crippen LogP contribution in [0.4, 0.5) is 0 Å². The highest BCUT2D eigenvalue weighted by atomic mass is 127. The summed E-state index contributed by atoms with van der Waals surface area (Å²) in [5, 5.41) is 0. The van der Waals surface area contributed by atoms with Gasteiger partial charge < -0.3 is 23.7 Å². The first-order valence-electron chi connectivity index (χ1n) is 8.93. The smallest absolute Gasteiger partial charge is 0.163 e. The summed E-state index contributed by atoms with van der Waals surface area (Å²) in [5.74, 6) is -1.22. The molecule has 0 aliphatic carbocycles. The number of thioether (sulfide) groups is 1. The van der Waals surface area contributed by atoms with Crippen LogP contribution >= 0.6 is 34.4 Å². The molecule has 0 aromatic heterocycles. The number of alkyl halides is 1. The summed E-state index contributed by atoms with van der Waals surface area (Å²) in [6.07, 6.45) is -0.603. The lowest BCUT2D eigenvalue weighted by Gasteiger charge is -2.41. The molecule has 3 aliphatic rings. The van der Waals surface area contributed by atoms with Crippen LogP contribution in [0.1, 0.15) is 27.7 Å². The van der Waals surface area contributed by atoms with Gasteiger partial charge in [-0.15, -0.1) is 0 Å². The second-order valence-corrected chi connectivity index (χ2v) is 10.4. The third-order valence-corrected chi connectivity index (χ3v) is 7.78. The first kappa shape index (κ1) is 19.4. The predicted molar refractivity (Wildman–Crippen MR) is 107 cm³/mol. The zero-order valence-electron chi connectivity index (χ0n) is 15.4. The molecule has 4 rings (SSSR count). The lowest BCUT2D eigenvalue weighted by Crippen LogP contribution is -2.57. The Bertz CT molecular complexity index is 640. The van der Waals surface area contributed by atoms with Crippen LogP contribution in [0.25, 0.3) is 0 Å². The summed E-state index contributed by atoms with van der Waals surface area (Å²) in [5.41, 5.74) is -0.0472. The molecule has 0 bridgehead atoms. The Kier molecular flexibility index (Phi) is 5.35. The van der Waals surface area contributed by atoms with Gasteiger partial charge in [0.1, 0.15) is 29.9 Å². The monoisotopic (exact) mass is 492 g/mol. The van der Waals surface area contributed by atoms with Gasteiger partial charge in [-0.3, -0.25) is 0 Å². The molecule has 0 amide bonds. The molecule has 144 valence electrons. The summed E-state index contributed by atoms with van der Waals surface area (Å²) in [6.45, 7) is 8.28. The average Bonchev–Trinajstić information content (AvgIpc) is 3.10. The molecule has 1 aromatic carbocycles. The molecule has 3 saturated heterocycles. The maximum atomic E-state index is 6.53. The Labute approximate surface area is 172 Å². The van der Waals surface area contributed by atoms with Gasteiger partial charge in [-0.1, -0.05) is 52.6 Å². The van der Waals surface area contributed by atoms with Gasteiger partial charge in [0.05, 0.1) is 10.5 Å². The van der Waals surface area contributed by atoms with E-state index in [1.54, 1.807) is 11.8 Å². The van der Waals surface area contributed by atoms with Crippen LogP contribution in [0.2, 0.25) is 0 Å². The molecule has 3 heterocycles. The van der Waals surface area contributed by atoms with Gasteiger partial charge in [-0.25, -0.2) is 0 Å². The van der Waals surface area contributed by atoms with Gasteiger partial charge in [0.25, 0.3) is 0 Å². The average molecular weight is 492 g/mol. The first-order chi connectivity index (χ1) is 12.2. The molecule has 5 nitrogen and oxygen atoms in total. The quantitative estimate of drug-likeness (QED) is 0.470. The summed E-state index contributed by atoms with van der Waals surface area (Å²) >= 11 is 4.16. The van der Waals surface area contributed by atoms with Gasteiger partial charge in [-0.2, -0.15) is 0 Å². The molecule has 0 spiro atoms. The van der Waals surface area contributed by atoms with Crippen molar-refractivity contribution in [2.75, 3.05) is 6.61 Å². The molecule has 3 fully saturated rings. The van der Waals surface area contributed by atoms with Crippen molar-refractivity contribution in [3.05, 3.63) is 30.3 Å². The Hall–Kier alpha value is 0.1000. The van der Waals surface area contributed by atoms with Crippen molar-refractivity contribution in [3.8, 4) is 0 Å². The van der Waals surface area contributed by atoms with Crippen molar-refractivity contribution < 1.29 is 23.7 Å². The number of rotatable bonds is 3. The fourth-order valence-corrected chi connectivity index (χ4v) is 5.90. The minimum absolute atomic E-state index is 0.0436. The van der Waals surface area contributed by atoms with Crippen LogP contribution in [0.5, 0.6) is 0 Å². The first-order valence-corrected chi connectivity index (χ1v) is 11.1. The van der Waals surface area contributed by atoms with E-state index in [1.807, 2.05) is 45.9 Å². The van der Waals surface area contributed by atoms with Crippen LogP contribution in [0, 0.1) is 0 Å². The van der Waals surface area contributed by atoms with Crippen molar-refractivity contribution in [2.45, 2.75) is 77.9 Å². The Morgan fingerprint density at radius 1 is 0.923 bits per heavy atom. The summed E-state index contributed by atoms with van der Waals surface area (Å²) in [6, 6.07) is 10.3. The highest BCUT2D eigenvalue weighted by Crippen LogP contribution is 2.46. The van der Waals surface area contributed by atoms with Crippen LogP contribution < -0.4 is 0 Å². The Balaban J connectivity index is 1.58. The third kappa shape index (κ3) is 3.94. The molecule has 7 heteroatoms. The van der Waals surface area contributed by atoms with Crippen molar-refractivity contribution in [1.29, 1.82) is 0 Å². The van der Waals surface area contributed by atoms with E-state index in [1.165, 1.54) is 4.90 Å². The molecule has 0 unspecified atom stereocenters. The van der Waals surface area contributed by atoms with Crippen LogP contribution in [0.3, 0.4) is 0 Å². The largest absolute Gasteiger partial charge is 0.357 e. The van der Waals surface area contributed by atoms with E-state index < -0.39 is 11.6 Å². The van der Waals surface area contributed by atoms with Gasteiger partial charge in [0.2, 0.25) is 0 Å². The Morgan fingerprint density at radius 3 is 2.27 bits per heavy atom. The van der Waals surface area contributed by atoms with E-state index in [0.717, 1.165) is 0 Å². The maximum Gasteiger partial charge on any atom is 0.163 e. The molecular formula is C19H25IO5S. The van der Waals surface area contributed by atoms with Gasteiger partial charge in [0, 0.05) is 4.90 Å². The highest BCUT2D eigenvalue weighted by Gasteiger charge is 2.58. The minimum Gasteiger partial charge on any atom is -0.357 e. The van der Waals surface area contributed by atoms with Crippen molar-refractivity contribution in [2.24, 2.45) is 0 Å². The van der Waals surface area contributed by atoms with Crippen molar-refractivity contribution in [1.82, 2.24) is 0 Å². The third-order valence-electron chi connectivity index (χ3n) is 4.74. The molecule has 26 heavy (non-hydrogen) atoms. The van der Waals surface area contributed by atoms with E-state index >= 15 is 0 Å². The number of hydrogen-bond acceptors (Lipinski definition) is 6. The second kappa shape index (κ2) is 7.17. The summed E-state index contributed by atoms with van der Waals surface area (Å²) in [4.78, 5) is 1.18. The normalized spacial score (nSPS) is 41.1. The van der Waals surface area contributed by atoms with Crippen LogP contribution in [0.15, 0.2) is 35.2 Å². The molecule has 0 saturated carbocycles. The zero-order valence-corrected chi connectivity index (χ0v) is 18.4. The highest BCUT2D eigenvalue weighted by molar-refractivity contribution is 14.1. The van der Waals surface area contributed by atoms with Crippen LogP contribution in [-0.4, -0.2) is 52.0 Å². The lowest BCUT2D eigenvalue weighted by molar-refractivity contribution is -0.192. The fraction of sp³-hybridized carbons (Fsp3) is 0.684. The topological polar surface area (TPSA) is 46.2 Å². The van der Waals surface area contributed by atoms with E-state index in [2.05, 4.69) is 34.7 Å². The molecule has 6 atom stereocenters.